The zero-order valence-electron chi connectivity index (χ0n) is 7.41. The molecule has 0 aromatic heterocycles. The molecular formula is C10H6F2O3. The number of carbonyl (C=O) groups excluding carboxylic acids is 1. The minimum atomic E-state index is -1.23. The summed E-state index contributed by atoms with van der Waals surface area (Å²) in [7, 11) is 0. The minimum absolute atomic E-state index is 0.0398. The third-order valence-electron chi connectivity index (χ3n) is 1.64. The van der Waals surface area contributed by atoms with Gasteiger partial charge in [-0.25, -0.2) is 13.6 Å². The van der Waals surface area contributed by atoms with Gasteiger partial charge in [-0.2, -0.15) is 0 Å². The van der Waals surface area contributed by atoms with E-state index in [1.165, 1.54) is 0 Å². The fourth-order valence-corrected chi connectivity index (χ4v) is 0.980. The standard InChI is InChI=1S/C10H6F2O3/c11-8-3-6(1-2-10(14)15)4-9(12)7(8)5-13/h1-5H,(H,14,15). The summed E-state index contributed by atoms with van der Waals surface area (Å²) in [5, 5.41) is 8.28. The Morgan fingerprint density at radius 3 is 2.20 bits per heavy atom. The van der Waals surface area contributed by atoms with Crippen molar-refractivity contribution in [1.82, 2.24) is 0 Å². The molecule has 1 aromatic rings. The SMILES string of the molecule is O=Cc1c(F)cc(C=CC(=O)O)cc1F. The first kappa shape index (κ1) is 11.0. The predicted octanol–water partition coefficient (Wildman–Crippen LogP) is 1.88. The second-order valence-electron chi connectivity index (χ2n) is 2.69. The quantitative estimate of drug-likeness (QED) is 0.614. The van der Waals surface area contributed by atoms with Crippen LogP contribution in [-0.4, -0.2) is 17.4 Å². The molecule has 1 N–H and O–H groups in total. The van der Waals surface area contributed by atoms with Gasteiger partial charge in [0.05, 0.1) is 5.56 Å². The van der Waals surface area contributed by atoms with Crippen molar-refractivity contribution >= 4 is 18.3 Å². The lowest BCUT2D eigenvalue weighted by Crippen LogP contribution is -1.95. The number of halogens is 2. The molecule has 5 heteroatoms. The van der Waals surface area contributed by atoms with E-state index in [-0.39, 0.29) is 11.8 Å². The summed E-state index contributed by atoms with van der Waals surface area (Å²) in [6.45, 7) is 0. The number of hydrogen-bond donors (Lipinski definition) is 1. The van der Waals surface area contributed by atoms with Gasteiger partial charge in [-0.05, 0) is 23.8 Å². The molecule has 3 nitrogen and oxygen atoms in total. The second kappa shape index (κ2) is 4.45. The molecule has 0 amide bonds. The van der Waals surface area contributed by atoms with Crippen molar-refractivity contribution in [2.24, 2.45) is 0 Å². The number of carboxylic acids is 1. The van der Waals surface area contributed by atoms with Crippen LogP contribution >= 0.6 is 0 Å². The Hall–Kier alpha value is -2.04. The maximum atomic E-state index is 13.0. The monoisotopic (exact) mass is 212 g/mol. The Morgan fingerprint density at radius 1 is 1.27 bits per heavy atom. The average Bonchev–Trinajstić information content (AvgIpc) is 2.14. The molecule has 0 heterocycles. The highest BCUT2D eigenvalue weighted by Crippen LogP contribution is 2.14. The van der Waals surface area contributed by atoms with E-state index < -0.39 is 23.2 Å². The van der Waals surface area contributed by atoms with Gasteiger partial charge in [0.25, 0.3) is 0 Å². The van der Waals surface area contributed by atoms with Crippen molar-refractivity contribution in [3.8, 4) is 0 Å². The van der Waals surface area contributed by atoms with Gasteiger partial charge < -0.3 is 5.11 Å². The number of aldehydes is 1. The zero-order chi connectivity index (χ0) is 11.4. The molecule has 0 aliphatic heterocycles. The first-order valence-electron chi connectivity index (χ1n) is 3.90. The van der Waals surface area contributed by atoms with Gasteiger partial charge in [0, 0.05) is 6.08 Å². The van der Waals surface area contributed by atoms with Crippen LogP contribution in [0.4, 0.5) is 8.78 Å². The molecule has 15 heavy (non-hydrogen) atoms. The molecule has 78 valence electrons. The molecule has 0 fully saturated rings. The van der Waals surface area contributed by atoms with E-state index in [1.54, 1.807) is 0 Å². The Morgan fingerprint density at radius 2 is 1.80 bits per heavy atom. The lowest BCUT2D eigenvalue weighted by Gasteiger charge is -1.99. The summed E-state index contributed by atoms with van der Waals surface area (Å²) in [5.74, 6) is -3.26. The summed E-state index contributed by atoms with van der Waals surface area (Å²) < 4.78 is 26.0. The van der Waals surface area contributed by atoms with Crippen LogP contribution in [-0.2, 0) is 4.79 Å². The average molecular weight is 212 g/mol. The maximum Gasteiger partial charge on any atom is 0.328 e. The van der Waals surface area contributed by atoms with Gasteiger partial charge in [0.1, 0.15) is 11.6 Å². The fourth-order valence-electron chi connectivity index (χ4n) is 0.980. The largest absolute Gasteiger partial charge is 0.478 e. The van der Waals surface area contributed by atoms with Crippen molar-refractivity contribution in [3.05, 3.63) is 41.0 Å². The molecule has 0 atom stereocenters. The molecule has 1 aromatic carbocycles. The molecule has 1 rings (SSSR count). The van der Waals surface area contributed by atoms with Gasteiger partial charge in [-0.1, -0.05) is 0 Å². The number of rotatable bonds is 3. The number of hydrogen-bond acceptors (Lipinski definition) is 2. The van der Waals surface area contributed by atoms with Crippen LogP contribution < -0.4 is 0 Å². The van der Waals surface area contributed by atoms with Crippen LogP contribution in [0.25, 0.3) is 6.08 Å². The van der Waals surface area contributed by atoms with E-state index in [0.29, 0.717) is 0 Å². The predicted molar refractivity (Wildman–Crippen MR) is 48.4 cm³/mol. The summed E-state index contributed by atoms with van der Waals surface area (Å²) in [6, 6.07) is 1.76. The van der Waals surface area contributed by atoms with Crippen molar-refractivity contribution in [2.75, 3.05) is 0 Å². The van der Waals surface area contributed by atoms with Crippen LogP contribution in [0.1, 0.15) is 15.9 Å². The van der Waals surface area contributed by atoms with Crippen LogP contribution in [0, 0.1) is 11.6 Å². The van der Waals surface area contributed by atoms with Gasteiger partial charge in [0.2, 0.25) is 0 Å². The maximum absolute atomic E-state index is 13.0. The summed E-state index contributed by atoms with van der Waals surface area (Å²) >= 11 is 0. The molecule has 0 saturated heterocycles. The van der Waals surface area contributed by atoms with E-state index >= 15 is 0 Å². The molecule has 0 aliphatic rings. The summed E-state index contributed by atoms with van der Waals surface area (Å²) in [6.07, 6.45) is 1.84. The topological polar surface area (TPSA) is 54.4 Å². The van der Waals surface area contributed by atoms with E-state index in [1.807, 2.05) is 0 Å². The van der Waals surface area contributed by atoms with Gasteiger partial charge in [0.15, 0.2) is 6.29 Å². The van der Waals surface area contributed by atoms with Gasteiger partial charge >= 0.3 is 5.97 Å². The highest BCUT2D eigenvalue weighted by molar-refractivity contribution is 5.85. The molecule has 0 aliphatic carbocycles. The third-order valence-corrected chi connectivity index (χ3v) is 1.64. The fraction of sp³-hybridized carbons (Fsp3) is 0. The Bertz CT molecular complexity index is 415. The molecule has 0 saturated carbocycles. The second-order valence-corrected chi connectivity index (χ2v) is 2.69. The Labute approximate surface area is 83.6 Å². The first-order chi connectivity index (χ1) is 7.04. The summed E-state index contributed by atoms with van der Waals surface area (Å²) in [4.78, 5) is 20.4. The number of benzene rings is 1. The van der Waals surface area contributed by atoms with Crippen LogP contribution in [0.5, 0.6) is 0 Å². The van der Waals surface area contributed by atoms with E-state index in [9.17, 15) is 18.4 Å². The normalized spacial score (nSPS) is 10.5. The van der Waals surface area contributed by atoms with Gasteiger partial charge in [-0.3, -0.25) is 4.79 Å². The third kappa shape index (κ3) is 2.70. The lowest BCUT2D eigenvalue weighted by atomic mass is 10.1. The smallest absolute Gasteiger partial charge is 0.328 e. The number of carbonyl (C=O) groups is 2. The highest BCUT2D eigenvalue weighted by Gasteiger charge is 2.08. The van der Waals surface area contributed by atoms with Gasteiger partial charge in [-0.15, -0.1) is 0 Å². The summed E-state index contributed by atoms with van der Waals surface area (Å²) in [5.41, 5.74) is -0.625. The van der Waals surface area contributed by atoms with Crippen LogP contribution in [0.15, 0.2) is 18.2 Å². The number of carboxylic acid groups (broad SMARTS) is 1. The van der Waals surface area contributed by atoms with Crippen molar-refractivity contribution in [1.29, 1.82) is 0 Å². The van der Waals surface area contributed by atoms with Crippen molar-refractivity contribution in [3.63, 3.8) is 0 Å². The molecule has 0 bridgehead atoms. The van der Waals surface area contributed by atoms with Crippen molar-refractivity contribution in [2.45, 2.75) is 0 Å². The number of aliphatic carboxylic acids is 1. The van der Waals surface area contributed by atoms with Crippen LogP contribution in [0.2, 0.25) is 0 Å². The van der Waals surface area contributed by atoms with E-state index in [4.69, 9.17) is 5.11 Å². The Balaban J connectivity index is 3.14. The molecular weight excluding hydrogens is 206 g/mol. The Kier molecular flexibility index (Phi) is 3.28. The zero-order valence-corrected chi connectivity index (χ0v) is 7.41. The van der Waals surface area contributed by atoms with Crippen LogP contribution in [0.3, 0.4) is 0 Å². The lowest BCUT2D eigenvalue weighted by molar-refractivity contribution is -0.131. The molecule has 0 radical (unpaired) electrons. The van der Waals surface area contributed by atoms with E-state index in [2.05, 4.69) is 0 Å². The minimum Gasteiger partial charge on any atom is -0.478 e. The van der Waals surface area contributed by atoms with E-state index in [0.717, 1.165) is 24.3 Å². The highest BCUT2D eigenvalue weighted by atomic mass is 19.1. The molecule has 0 spiro atoms. The first-order valence-corrected chi connectivity index (χ1v) is 3.90. The van der Waals surface area contributed by atoms with Crippen molar-refractivity contribution < 1.29 is 23.5 Å². The molecule has 0 unspecified atom stereocenters.